The van der Waals surface area contributed by atoms with Gasteiger partial charge in [-0.25, -0.2) is 0 Å². The molecule has 0 saturated carbocycles. The average Bonchev–Trinajstić information content (AvgIpc) is 2.46. The summed E-state index contributed by atoms with van der Waals surface area (Å²) in [6.45, 7) is 5.71. The van der Waals surface area contributed by atoms with E-state index in [-0.39, 0.29) is 11.2 Å². The van der Waals surface area contributed by atoms with Crippen molar-refractivity contribution < 1.29 is 4.79 Å². The summed E-state index contributed by atoms with van der Waals surface area (Å²) in [5.74, 6) is 0.143. The van der Waals surface area contributed by atoms with Crippen LogP contribution >= 0.6 is 11.8 Å². The Balaban J connectivity index is 1.75. The predicted molar refractivity (Wildman–Crippen MR) is 81.4 cm³/mol. The van der Waals surface area contributed by atoms with E-state index in [1.54, 1.807) is 11.8 Å². The molecular formula is C15H22N2OS. The molecule has 1 heterocycles. The summed E-state index contributed by atoms with van der Waals surface area (Å²) >= 11 is 1.58. The fourth-order valence-electron chi connectivity index (χ4n) is 2.33. The summed E-state index contributed by atoms with van der Waals surface area (Å²) in [5, 5.41) is 3.05. The van der Waals surface area contributed by atoms with E-state index >= 15 is 0 Å². The lowest BCUT2D eigenvalue weighted by Gasteiger charge is -2.28. The molecule has 0 bridgehead atoms. The number of hydrogen-bond acceptors (Lipinski definition) is 3. The van der Waals surface area contributed by atoms with Gasteiger partial charge in [-0.05, 0) is 30.7 Å². The van der Waals surface area contributed by atoms with E-state index in [1.807, 2.05) is 13.2 Å². The van der Waals surface area contributed by atoms with Crippen molar-refractivity contribution in [2.24, 2.45) is 0 Å². The van der Waals surface area contributed by atoms with E-state index in [4.69, 9.17) is 0 Å². The third-order valence-electron chi connectivity index (χ3n) is 3.66. The lowest BCUT2D eigenvalue weighted by molar-refractivity contribution is -0.120. The maximum Gasteiger partial charge on any atom is 0.232 e. The third-order valence-corrected chi connectivity index (χ3v) is 4.58. The number of hydrogen-bond donors (Lipinski definition) is 1. The molecule has 1 atom stereocenters. The molecular weight excluding hydrogens is 256 g/mol. The standard InChI is InChI=1S/C15H22N2OS/c1-12(19-2)15(18)16-8-10-17-9-7-13-5-3-4-6-14(13)11-17/h3-6,12H,7-11H2,1-2H3,(H,16,18). The highest BCUT2D eigenvalue weighted by atomic mass is 32.2. The van der Waals surface area contributed by atoms with Crippen LogP contribution in [-0.2, 0) is 17.8 Å². The predicted octanol–water partition coefficient (Wildman–Crippen LogP) is 1.91. The van der Waals surface area contributed by atoms with Gasteiger partial charge in [0.2, 0.25) is 5.91 Å². The van der Waals surface area contributed by atoms with Crippen molar-refractivity contribution in [2.75, 3.05) is 25.9 Å². The highest BCUT2D eigenvalue weighted by molar-refractivity contribution is 7.99. The Hall–Kier alpha value is -1.00. The molecule has 4 heteroatoms. The zero-order valence-electron chi connectivity index (χ0n) is 11.7. The summed E-state index contributed by atoms with van der Waals surface area (Å²) in [7, 11) is 0. The van der Waals surface area contributed by atoms with Crippen LogP contribution in [0.5, 0.6) is 0 Å². The van der Waals surface area contributed by atoms with Gasteiger partial charge in [0.25, 0.3) is 0 Å². The SMILES string of the molecule is CSC(C)C(=O)NCCN1CCc2ccccc2C1. The molecule has 1 amide bonds. The van der Waals surface area contributed by atoms with Gasteiger partial charge in [0.05, 0.1) is 5.25 Å². The Morgan fingerprint density at radius 1 is 1.42 bits per heavy atom. The van der Waals surface area contributed by atoms with E-state index in [2.05, 4.69) is 34.5 Å². The van der Waals surface area contributed by atoms with Gasteiger partial charge in [-0.3, -0.25) is 9.69 Å². The largest absolute Gasteiger partial charge is 0.354 e. The van der Waals surface area contributed by atoms with Crippen LogP contribution in [0.4, 0.5) is 0 Å². The van der Waals surface area contributed by atoms with E-state index in [0.717, 1.165) is 32.6 Å². The molecule has 19 heavy (non-hydrogen) atoms. The third kappa shape index (κ3) is 3.98. The molecule has 0 aromatic heterocycles. The number of rotatable bonds is 5. The normalized spacial score (nSPS) is 16.7. The van der Waals surface area contributed by atoms with Crippen LogP contribution in [-0.4, -0.2) is 41.9 Å². The van der Waals surface area contributed by atoms with Gasteiger partial charge >= 0.3 is 0 Å². The average molecular weight is 278 g/mol. The number of benzene rings is 1. The summed E-state index contributed by atoms with van der Waals surface area (Å²) in [6.07, 6.45) is 3.08. The van der Waals surface area contributed by atoms with Crippen molar-refractivity contribution in [1.82, 2.24) is 10.2 Å². The van der Waals surface area contributed by atoms with Gasteiger partial charge in [0.15, 0.2) is 0 Å². The first-order valence-corrected chi connectivity index (χ1v) is 8.09. The number of fused-ring (bicyclic) bond motifs is 1. The lowest BCUT2D eigenvalue weighted by atomic mass is 10.00. The van der Waals surface area contributed by atoms with Crippen LogP contribution in [0.3, 0.4) is 0 Å². The summed E-state index contributed by atoms with van der Waals surface area (Å²) in [4.78, 5) is 14.1. The van der Waals surface area contributed by atoms with Crippen LogP contribution in [0.1, 0.15) is 18.1 Å². The molecule has 2 rings (SSSR count). The van der Waals surface area contributed by atoms with E-state index in [9.17, 15) is 4.79 Å². The van der Waals surface area contributed by atoms with Gasteiger partial charge in [-0.2, -0.15) is 11.8 Å². The number of thioether (sulfide) groups is 1. The molecule has 1 N–H and O–H groups in total. The van der Waals surface area contributed by atoms with Crippen molar-refractivity contribution in [3.05, 3.63) is 35.4 Å². The number of nitrogens with zero attached hydrogens (tertiary/aromatic N) is 1. The zero-order valence-corrected chi connectivity index (χ0v) is 12.5. The van der Waals surface area contributed by atoms with Crippen LogP contribution in [0.15, 0.2) is 24.3 Å². The van der Waals surface area contributed by atoms with Crippen LogP contribution in [0.2, 0.25) is 0 Å². The molecule has 104 valence electrons. The second kappa shape index (κ2) is 6.96. The topological polar surface area (TPSA) is 32.3 Å². The molecule has 3 nitrogen and oxygen atoms in total. The van der Waals surface area contributed by atoms with Crippen molar-refractivity contribution >= 4 is 17.7 Å². The number of carbonyl (C=O) groups excluding carboxylic acids is 1. The van der Waals surface area contributed by atoms with Gasteiger partial charge in [0, 0.05) is 26.2 Å². The van der Waals surface area contributed by atoms with Crippen LogP contribution in [0, 0.1) is 0 Å². The van der Waals surface area contributed by atoms with Crippen molar-refractivity contribution in [3.63, 3.8) is 0 Å². The second-order valence-electron chi connectivity index (χ2n) is 4.96. The molecule has 1 aromatic carbocycles. The Labute approximate surface area is 119 Å². The number of amides is 1. The first-order chi connectivity index (χ1) is 9.20. The van der Waals surface area contributed by atoms with E-state index < -0.39 is 0 Å². The molecule has 0 saturated heterocycles. The molecule has 1 aliphatic heterocycles. The highest BCUT2D eigenvalue weighted by Gasteiger charge is 2.16. The second-order valence-corrected chi connectivity index (χ2v) is 6.14. The fourth-order valence-corrected chi connectivity index (χ4v) is 2.63. The van der Waals surface area contributed by atoms with Gasteiger partial charge in [-0.15, -0.1) is 0 Å². The smallest absolute Gasteiger partial charge is 0.232 e. The Kier molecular flexibility index (Phi) is 5.28. The molecule has 1 unspecified atom stereocenters. The minimum atomic E-state index is 0.0436. The Bertz CT molecular complexity index is 436. The lowest BCUT2D eigenvalue weighted by Crippen LogP contribution is -2.39. The molecule has 0 fully saturated rings. The van der Waals surface area contributed by atoms with Gasteiger partial charge in [0.1, 0.15) is 0 Å². The molecule has 1 aromatic rings. The van der Waals surface area contributed by atoms with Gasteiger partial charge < -0.3 is 5.32 Å². The first-order valence-electron chi connectivity index (χ1n) is 6.80. The summed E-state index contributed by atoms with van der Waals surface area (Å²) in [6, 6.07) is 8.63. The van der Waals surface area contributed by atoms with Crippen molar-refractivity contribution in [1.29, 1.82) is 0 Å². The summed E-state index contributed by atoms with van der Waals surface area (Å²) in [5.41, 5.74) is 2.90. The maximum atomic E-state index is 11.7. The minimum Gasteiger partial charge on any atom is -0.354 e. The Morgan fingerprint density at radius 3 is 2.89 bits per heavy atom. The van der Waals surface area contributed by atoms with Crippen LogP contribution < -0.4 is 5.32 Å². The van der Waals surface area contributed by atoms with Crippen molar-refractivity contribution in [2.45, 2.75) is 25.1 Å². The van der Waals surface area contributed by atoms with Crippen molar-refractivity contribution in [3.8, 4) is 0 Å². The zero-order chi connectivity index (χ0) is 13.7. The minimum absolute atomic E-state index is 0.0436. The fraction of sp³-hybridized carbons (Fsp3) is 0.533. The molecule has 1 aliphatic rings. The number of carbonyl (C=O) groups is 1. The van der Waals surface area contributed by atoms with E-state index in [1.165, 1.54) is 11.1 Å². The van der Waals surface area contributed by atoms with Crippen LogP contribution in [0.25, 0.3) is 0 Å². The maximum absolute atomic E-state index is 11.7. The molecule has 0 radical (unpaired) electrons. The Morgan fingerprint density at radius 2 is 2.16 bits per heavy atom. The van der Waals surface area contributed by atoms with Gasteiger partial charge in [-0.1, -0.05) is 24.3 Å². The molecule has 0 aliphatic carbocycles. The monoisotopic (exact) mass is 278 g/mol. The highest BCUT2D eigenvalue weighted by Crippen LogP contribution is 2.17. The quantitative estimate of drug-likeness (QED) is 0.893. The van der Waals surface area contributed by atoms with E-state index in [0.29, 0.717) is 0 Å². The first kappa shape index (κ1) is 14.4. The summed E-state index contributed by atoms with van der Waals surface area (Å²) < 4.78 is 0. The molecule has 0 spiro atoms. The number of nitrogens with one attached hydrogen (secondary N) is 1.